The van der Waals surface area contributed by atoms with E-state index in [1.807, 2.05) is 18.3 Å². The minimum Gasteiger partial charge on any atom is -0.472 e. The molecule has 1 fully saturated rings. The van der Waals surface area contributed by atoms with E-state index in [1.165, 1.54) is 18.4 Å². The quantitative estimate of drug-likeness (QED) is 0.419. The highest BCUT2D eigenvalue weighted by Gasteiger charge is 2.28. The van der Waals surface area contributed by atoms with Crippen molar-refractivity contribution in [2.75, 3.05) is 0 Å². The first-order valence-electron chi connectivity index (χ1n) is 10.6. The van der Waals surface area contributed by atoms with Crippen LogP contribution in [0.5, 0.6) is 5.75 Å². The molecule has 0 bridgehead atoms. The van der Waals surface area contributed by atoms with Crippen molar-refractivity contribution in [3.63, 3.8) is 0 Å². The molecule has 0 saturated heterocycles. The van der Waals surface area contributed by atoms with E-state index in [-0.39, 0.29) is 0 Å². The summed E-state index contributed by atoms with van der Waals surface area (Å²) in [4.78, 5) is 9.40. The summed E-state index contributed by atoms with van der Waals surface area (Å²) in [6.45, 7) is 2.78. The Morgan fingerprint density at radius 3 is 2.50 bits per heavy atom. The SMILES string of the molecule is CC1CC(c2ccc(-c3nc4n(c3-c3ccccc3)COc3ccncc3-4)cc2)C1. The lowest BCUT2D eigenvalue weighted by Gasteiger charge is -2.33. The topological polar surface area (TPSA) is 39.9 Å². The molecule has 148 valence electrons. The van der Waals surface area contributed by atoms with Crippen LogP contribution in [-0.2, 0) is 6.73 Å². The molecule has 0 atom stereocenters. The smallest absolute Gasteiger partial charge is 0.167 e. The van der Waals surface area contributed by atoms with E-state index in [0.717, 1.165) is 45.6 Å². The molecule has 1 aliphatic heterocycles. The summed E-state index contributed by atoms with van der Waals surface area (Å²) in [5.41, 5.74) is 6.73. The number of rotatable bonds is 3. The van der Waals surface area contributed by atoms with Gasteiger partial charge in [-0.3, -0.25) is 9.55 Å². The van der Waals surface area contributed by atoms with Crippen LogP contribution in [0.4, 0.5) is 0 Å². The summed E-state index contributed by atoms with van der Waals surface area (Å²) in [5, 5.41) is 0. The van der Waals surface area contributed by atoms with Gasteiger partial charge in [-0.2, -0.15) is 0 Å². The van der Waals surface area contributed by atoms with Gasteiger partial charge in [0.2, 0.25) is 0 Å². The summed E-state index contributed by atoms with van der Waals surface area (Å²) < 4.78 is 8.19. The number of hydrogen-bond acceptors (Lipinski definition) is 3. The van der Waals surface area contributed by atoms with Gasteiger partial charge in [-0.25, -0.2) is 4.98 Å². The Morgan fingerprint density at radius 1 is 0.933 bits per heavy atom. The Morgan fingerprint density at radius 2 is 1.73 bits per heavy atom. The molecule has 0 spiro atoms. The van der Waals surface area contributed by atoms with Crippen LogP contribution in [-0.4, -0.2) is 14.5 Å². The third kappa shape index (κ3) is 2.75. The maximum atomic E-state index is 6.03. The molecule has 2 aliphatic rings. The highest BCUT2D eigenvalue weighted by atomic mass is 16.5. The Labute approximate surface area is 176 Å². The van der Waals surface area contributed by atoms with Gasteiger partial charge in [0.25, 0.3) is 0 Å². The predicted molar refractivity (Wildman–Crippen MR) is 118 cm³/mol. The van der Waals surface area contributed by atoms with Crippen molar-refractivity contribution in [3.05, 3.63) is 78.6 Å². The summed E-state index contributed by atoms with van der Waals surface area (Å²) in [5.74, 6) is 3.32. The number of ether oxygens (including phenoxy) is 1. The van der Waals surface area contributed by atoms with E-state index in [2.05, 4.69) is 65.0 Å². The number of benzene rings is 2. The zero-order chi connectivity index (χ0) is 20.1. The largest absolute Gasteiger partial charge is 0.472 e. The lowest BCUT2D eigenvalue weighted by molar-refractivity contribution is 0.231. The van der Waals surface area contributed by atoms with Gasteiger partial charge in [-0.1, -0.05) is 61.5 Å². The molecule has 4 heteroatoms. The van der Waals surface area contributed by atoms with Crippen LogP contribution < -0.4 is 4.74 Å². The highest BCUT2D eigenvalue weighted by molar-refractivity contribution is 5.83. The Bertz CT molecular complexity index is 1210. The fraction of sp³-hybridized carbons (Fsp3) is 0.231. The Kier molecular flexibility index (Phi) is 3.98. The zero-order valence-corrected chi connectivity index (χ0v) is 17.0. The van der Waals surface area contributed by atoms with Gasteiger partial charge >= 0.3 is 0 Å². The van der Waals surface area contributed by atoms with E-state index < -0.39 is 0 Å². The highest BCUT2D eigenvalue weighted by Crippen LogP contribution is 2.43. The number of hydrogen-bond donors (Lipinski definition) is 0. The molecule has 3 heterocycles. The van der Waals surface area contributed by atoms with Crippen LogP contribution in [0.2, 0.25) is 0 Å². The maximum absolute atomic E-state index is 6.03. The van der Waals surface area contributed by atoms with Crippen LogP contribution >= 0.6 is 0 Å². The van der Waals surface area contributed by atoms with Gasteiger partial charge in [0.15, 0.2) is 6.73 Å². The molecule has 2 aromatic heterocycles. The van der Waals surface area contributed by atoms with Gasteiger partial charge in [0, 0.05) is 23.5 Å². The first-order chi connectivity index (χ1) is 14.8. The van der Waals surface area contributed by atoms with E-state index in [0.29, 0.717) is 12.6 Å². The molecule has 30 heavy (non-hydrogen) atoms. The van der Waals surface area contributed by atoms with Crippen molar-refractivity contribution in [1.29, 1.82) is 0 Å². The number of aromatic nitrogens is 3. The van der Waals surface area contributed by atoms with E-state index in [4.69, 9.17) is 9.72 Å². The fourth-order valence-electron chi connectivity index (χ4n) is 4.77. The van der Waals surface area contributed by atoms with Crippen molar-refractivity contribution in [2.45, 2.75) is 32.4 Å². The standard InChI is InChI=1S/C26H23N3O/c1-17-13-21(14-17)18-7-9-19(10-8-18)24-25(20-5-3-2-4-6-20)29-16-30-23-11-12-27-15-22(23)26(29)28-24/h2-12,15,17,21H,13-14,16H2,1H3. The van der Waals surface area contributed by atoms with Gasteiger partial charge in [0.05, 0.1) is 17.0 Å². The Balaban J connectivity index is 1.50. The second-order valence-electron chi connectivity index (χ2n) is 8.47. The Hall–Kier alpha value is -3.40. The first-order valence-corrected chi connectivity index (χ1v) is 10.6. The van der Waals surface area contributed by atoms with Gasteiger partial charge in [-0.15, -0.1) is 0 Å². The van der Waals surface area contributed by atoms with Crippen molar-refractivity contribution in [2.24, 2.45) is 5.92 Å². The molecular weight excluding hydrogens is 370 g/mol. The average Bonchev–Trinajstić information content (AvgIpc) is 3.18. The van der Waals surface area contributed by atoms with Crippen molar-refractivity contribution >= 4 is 0 Å². The maximum Gasteiger partial charge on any atom is 0.167 e. The third-order valence-electron chi connectivity index (χ3n) is 6.42. The van der Waals surface area contributed by atoms with Gasteiger partial charge in [-0.05, 0) is 36.3 Å². The first kappa shape index (κ1) is 17.5. The molecule has 0 amide bonds. The molecular formula is C26H23N3O. The lowest BCUT2D eigenvalue weighted by atomic mass is 9.72. The molecule has 4 nitrogen and oxygen atoms in total. The van der Waals surface area contributed by atoms with Gasteiger partial charge in [0.1, 0.15) is 11.6 Å². The van der Waals surface area contributed by atoms with E-state index >= 15 is 0 Å². The molecule has 6 rings (SSSR count). The second kappa shape index (κ2) is 6.84. The summed E-state index contributed by atoms with van der Waals surface area (Å²) >= 11 is 0. The van der Waals surface area contributed by atoms with Crippen LogP contribution in [0, 0.1) is 5.92 Å². The molecule has 2 aromatic carbocycles. The zero-order valence-electron chi connectivity index (χ0n) is 17.0. The third-order valence-corrected chi connectivity index (χ3v) is 6.42. The van der Waals surface area contributed by atoms with Crippen LogP contribution in [0.1, 0.15) is 31.2 Å². The summed E-state index contributed by atoms with van der Waals surface area (Å²) in [7, 11) is 0. The van der Waals surface area contributed by atoms with E-state index in [9.17, 15) is 0 Å². The van der Waals surface area contributed by atoms with Crippen molar-refractivity contribution in [1.82, 2.24) is 14.5 Å². The predicted octanol–water partition coefficient (Wildman–Crippen LogP) is 6.14. The van der Waals surface area contributed by atoms with Crippen LogP contribution in [0.3, 0.4) is 0 Å². The number of nitrogens with zero attached hydrogens (tertiary/aromatic N) is 3. The normalized spacial score (nSPS) is 19.4. The van der Waals surface area contributed by atoms with Crippen LogP contribution in [0.25, 0.3) is 33.9 Å². The minimum absolute atomic E-state index is 0.446. The minimum atomic E-state index is 0.446. The van der Waals surface area contributed by atoms with Crippen LogP contribution in [0.15, 0.2) is 73.1 Å². The molecule has 0 radical (unpaired) electrons. The lowest BCUT2D eigenvalue weighted by Crippen LogP contribution is -2.18. The van der Waals surface area contributed by atoms with E-state index in [1.54, 1.807) is 6.20 Å². The average molecular weight is 393 g/mol. The monoisotopic (exact) mass is 393 g/mol. The molecule has 1 aliphatic carbocycles. The number of pyridine rings is 1. The summed E-state index contributed by atoms with van der Waals surface area (Å²) in [6.07, 6.45) is 6.20. The molecule has 4 aromatic rings. The number of fused-ring (bicyclic) bond motifs is 3. The fourth-order valence-corrected chi connectivity index (χ4v) is 4.77. The molecule has 0 N–H and O–H groups in total. The molecule has 1 saturated carbocycles. The molecule has 0 unspecified atom stereocenters. The summed E-state index contributed by atoms with van der Waals surface area (Å²) in [6, 6.07) is 21.4. The van der Waals surface area contributed by atoms with Crippen molar-refractivity contribution < 1.29 is 4.74 Å². The van der Waals surface area contributed by atoms with Gasteiger partial charge < -0.3 is 4.74 Å². The van der Waals surface area contributed by atoms with Crippen molar-refractivity contribution in [3.8, 4) is 39.7 Å². The second-order valence-corrected chi connectivity index (χ2v) is 8.47. The number of imidazole rings is 1.